The molecule has 2 aromatic carbocycles. The van der Waals surface area contributed by atoms with Gasteiger partial charge < -0.3 is 10.1 Å². The lowest BCUT2D eigenvalue weighted by Gasteiger charge is -2.18. The number of amides is 1. The molecule has 3 heterocycles. The molecule has 1 aliphatic heterocycles. The van der Waals surface area contributed by atoms with Crippen molar-refractivity contribution in [2.45, 2.75) is 0 Å². The maximum atomic E-state index is 11.8. The van der Waals surface area contributed by atoms with Crippen molar-refractivity contribution in [1.29, 1.82) is 0 Å². The van der Waals surface area contributed by atoms with Crippen LogP contribution in [-0.4, -0.2) is 28.4 Å². The first-order chi connectivity index (χ1) is 16.1. The van der Waals surface area contributed by atoms with Crippen molar-refractivity contribution in [2.24, 2.45) is 10.1 Å². The highest BCUT2D eigenvalue weighted by atomic mass is 35.5. The van der Waals surface area contributed by atoms with Crippen molar-refractivity contribution < 1.29 is 9.53 Å². The Hall–Kier alpha value is -3.46. The molecule has 0 saturated heterocycles. The minimum atomic E-state index is -0.194. The lowest BCUT2D eigenvalue weighted by Crippen LogP contribution is -2.25. The number of halogens is 2. The number of nitrogens with one attached hydrogen (secondary N) is 1. The zero-order valence-electron chi connectivity index (χ0n) is 16.9. The lowest BCUT2D eigenvalue weighted by molar-refractivity contribution is -0.118. The maximum Gasteiger partial charge on any atom is 0.262 e. The Morgan fingerprint density at radius 3 is 2.91 bits per heavy atom. The summed E-state index contributed by atoms with van der Waals surface area (Å²) in [5.41, 5.74) is 3.64. The molecule has 2 aromatic heterocycles. The molecule has 0 saturated carbocycles. The number of hydrogen-bond acceptors (Lipinski definition) is 6. The Morgan fingerprint density at radius 2 is 2.09 bits per heavy atom. The second-order valence-corrected chi connectivity index (χ2v) is 8.68. The van der Waals surface area contributed by atoms with Gasteiger partial charge in [-0.15, -0.1) is 11.3 Å². The molecular weight excluding hydrogens is 481 g/mol. The molecule has 164 valence electrons. The van der Waals surface area contributed by atoms with Gasteiger partial charge in [-0.05, 0) is 42.5 Å². The van der Waals surface area contributed by atoms with E-state index >= 15 is 0 Å². The van der Waals surface area contributed by atoms with E-state index in [0.29, 0.717) is 32.0 Å². The van der Waals surface area contributed by atoms with Gasteiger partial charge in [0.15, 0.2) is 6.61 Å². The van der Waals surface area contributed by atoms with Gasteiger partial charge in [-0.2, -0.15) is 5.10 Å². The highest BCUT2D eigenvalue weighted by Gasteiger charge is 2.18. The van der Waals surface area contributed by atoms with Gasteiger partial charge in [0.1, 0.15) is 5.75 Å². The summed E-state index contributed by atoms with van der Waals surface area (Å²) in [4.78, 5) is 21.2. The fourth-order valence-corrected chi connectivity index (χ4v) is 4.48. The van der Waals surface area contributed by atoms with E-state index in [9.17, 15) is 4.79 Å². The van der Waals surface area contributed by atoms with Crippen LogP contribution in [-0.2, 0) is 4.79 Å². The zero-order valence-corrected chi connectivity index (χ0v) is 19.2. The number of rotatable bonds is 4. The third-order valence-corrected chi connectivity index (χ3v) is 6.08. The third kappa shape index (κ3) is 4.68. The largest absolute Gasteiger partial charge is 0.482 e. The number of fused-ring (bicyclic) bond motifs is 1. The molecule has 1 N–H and O–H groups in total. The molecule has 4 aromatic rings. The summed E-state index contributed by atoms with van der Waals surface area (Å²) in [7, 11) is 0. The second kappa shape index (κ2) is 9.19. The van der Waals surface area contributed by atoms with Gasteiger partial charge in [-0.3, -0.25) is 9.78 Å². The van der Waals surface area contributed by atoms with Crippen LogP contribution in [0.5, 0.6) is 5.75 Å². The molecule has 10 heteroatoms. The summed E-state index contributed by atoms with van der Waals surface area (Å²) in [5, 5.41) is 10.4. The minimum absolute atomic E-state index is 0.00504. The predicted octanol–water partition coefficient (Wildman–Crippen LogP) is 5.36. The molecule has 1 amide bonds. The van der Waals surface area contributed by atoms with Gasteiger partial charge in [-0.25, -0.2) is 9.67 Å². The quantitative estimate of drug-likeness (QED) is 0.386. The molecule has 0 atom stereocenters. The number of anilines is 1. The molecule has 0 aliphatic carbocycles. The second-order valence-electron chi connectivity index (χ2n) is 7.00. The molecule has 1 aliphatic rings. The molecule has 0 radical (unpaired) electrons. The van der Waals surface area contributed by atoms with Gasteiger partial charge >= 0.3 is 0 Å². The molecule has 0 bridgehead atoms. The predicted molar refractivity (Wildman–Crippen MR) is 131 cm³/mol. The van der Waals surface area contributed by atoms with Crippen LogP contribution in [0.2, 0.25) is 10.0 Å². The summed E-state index contributed by atoms with van der Waals surface area (Å²) < 4.78 is 7.19. The SMILES string of the molecule is O=C1COc2ccc(-c3csc(=Nc4ccc(Cl)cc4Cl)n3N=Cc3cccnc3)cc2N1. The number of ether oxygens (including phenoxy) is 1. The van der Waals surface area contributed by atoms with E-state index in [0.717, 1.165) is 16.8 Å². The summed E-state index contributed by atoms with van der Waals surface area (Å²) in [6.45, 7) is 0.00504. The number of carbonyl (C=O) groups is 1. The van der Waals surface area contributed by atoms with E-state index in [1.165, 1.54) is 11.3 Å². The van der Waals surface area contributed by atoms with Gasteiger partial charge in [0, 0.05) is 33.9 Å². The standard InChI is InChI=1S/C23H15Cl2N5O2S/c24-16-4-5-18(17(25)9-16)29-23-30(27-11-14-2-1-7-26-10-14)20(13-33-23)15-3-6-21-19(8-15)28-22(31)12-32-21/h1-11,13H,12H2,(H,28,31). The van der Waals surface area contributed by atoms with Crippen LogP contribution in [0, 0.1) is 0 Å². The average Bonchev–Trinajstić information content (AvgIpc) is 3.22. The van der Waals surface area contributed by atoms with Crippen molar-refractivity contribution in [1.82, 2.24) is 9.66 Å². The average molecular weight is 496 g/mol. The Kier molecular flexibility index (Phi) is 5.95. The van der Waals surface area contributed by atoms with Crippen LogP contribution in [0.3, 0.4) is 0 Å². The van der Waals surface area contributed by atoms with E-state index in [4.69, 9.17) is 32.9 Å². The van der Waals surface area contributed by atoms with Crippen molar-refractivity contribution in [2.75, 3.05) is 11.9 Å². The highest BCUT2D eigenvalue weighted by Crippen LogP contribution is 2.33. The number of benzene rings is 2. The fraction of sp³-hybridized carbons (Fsp3) is 0.0435. The molecular formula is C23H15Cl2N5O2S. The van der Waals surface area contributed by atoms with Crippen LogP contribution in [0.1, 0.15) is 5.56 Å². The lowest BCUT2D eigenvalue weighted by atomic mass is 10.1. The van der Waals surface area contributed by atoms with Gasteiger partial charge in [0.2, 0.25) is 4.80 Å². The molecule has 5 rings (SSSR count). The maximum absolute atomic E-state index is 11.8. The van der Waals surface area contributed by atoms with Crippen LogP contribution in [0.15, 0.2) is 76.4 Å². The van der Waals surface area contributed by atoms with Crippen molar-refractivity contribution in [3.05, 3.63) is 86.7 Å². The number of nitrogens with zero attached hydrogens (tertiary/aromatic N) is 4. The normalized spacial score (nSPS) is 13.6. The fourth-order valence-electron chi connectivity index (χ4n) is 3.18. The number of aromatic nitrogens is 2. The summed E-state index contributed by atoms with van der Waals surface area (Å²) in [6, 6.07) is 14.5. The van der Waals surface area contributed by atoms with Gasteiger partial charge in [-0.1, -0.05) is 29.3 Å². The van der Waals surface area contributed by atoms with Gasteiger partial charge in [0.05, 0.1) is 28.3 Å². The van der Waals surface area contributed by atoms with E-state index in [2.05, 4.69) is 15.4 Å². The number of hydrogen-bond donors (Lipinski definition) is 1. The highest BCUT2D eigenvalue weighted by molar-refractivity contribution is 7.07. The van der Waals surface area contributed by atoms with E-state index in [1.807, 2.05) is 35.7 Å². The summed E-state index contributed by atoms with van der Waals surface area (Å²) >= 11 is 13.8. The van der Waals surface area contributed by atoms with Crippen molar-refractivity contribution >= 4 is 58.0 Å². The smallest absolute Gasteiger partial charge is 0.262 e. The van der Waals surface area contributed by atoms with Crippen LogP contribution in [0.25, 0.3) is 11.3 Å². The van der Waals surface area contributed by atoms with Crippen LogP contribution in [0.4, 0.5) is 11.4 Å². The molecule has 0 fully saturated rings. The van der Waals surface area contributed by atoms with Crippen molar-refractivity contribution in [3.63, 3.8) is 0 Å². The van der Waals surface area contributed by atoms with E-state index < -0.39 is 0 Å². The first-order valence-electron chi connectivity index (χ1n) is 9.78. The summed E-state index contributed by atoms with van der Waals surface area (Å²) in [6.07, 6.45) is 5.12. The van der Waals surface area contributed by atoms with Crippen molar-refractivity contribution in [3.8, 4) is 17.0 Å². The molecule has 33 heavy (non-hydrogen) atoms. The zero-order chi connectivity index (χ0) is 22.8. The monoisotopic (exact) mass is 495 g/mol. The van der Waals surface area contributed by atoms with Crippen LogP contribution < -0.4 is 14.9 Å². The van der Waals surface area contributed by atoms with E-state index in [1.54, 1.807) is 41.5 Å². The summed E-state index contributed by atoms with van der Waals surface area (Å²) in [5.74, 6) is 0.428. The molecule has 7 nitrogen and oxygen atoms in total. The molecule has 0 spiro atoms. The number of thiazole rings is 1. The van der Waals surface area contributed by atoms with Crippen LogP contribution >= 0.6 is 34.5 Å². The Morgan fingerprint density at radius 1 is 1.18 bits per heavy atom. The Bertz CT molecular complexity index is 1450. The number of carbonyl (C=O) groups excluding carboxylic acids is 1. The number of pyridine rings is 1. The minimum Gasteiger partial charge on any atom is -0.482 e. The first kappa shape index (κ1) is 21.4. The first-order valence-corrected chi connectivity index (χ1v) is 11.4. The topological polar surface area (TPSA) is 80.9 Å². The third-order valence-electron chi connectivity index (χ3n) is 4.73. The Balaban J connectivity index is 1.64. The van der Waals surface area contributed by atoms with E-state index in [-0.39, 0.29) is 12.5 Å². The van der Waals surface area contributed by atoms with Gasteiger partial charge in [0.25, 0.3) is 5.91 Å². The molecule has 0 unspecified atom stereocenters. The Labute approximate surface area is 202 Å².